The first-order valence-corrected chi connectivity index (χ1v) is 5.48. The molecule has 0 aliphatic rings. The normalized spacial score (nSPS) is 11.6. The van der Waals surface area contributed by atoms with E-state index in [1.807, 2.05) is 30.3 Å². The molecule has 18 heavy (non-hydrogen) atoms. The van der Waals surface area contributed by atoms with Gasteiger partial charge in [-0.2, -0.15) is 9.72 Å². The number of hydrogen-bond acceptors (Lipinski definition) is 3. The van der Waals surface area contributed by atoms with Crippen LogP contribution in [0.25, 0.3) is 11.3 Å². The van der Waals surface area contributed by atoms with Gasteiger partial charge < -0.3 is 5.21 Å². The standard InChI is InChI=1S/C13H13N3O2/c1-9-8-12(11-6-4-3-5-7-11)15-13(16(9)18)14-10(2)17/h3-8,18H,1-2H3. The van der Waals surface area contributed by atoms with E-state index in [4.69, 9.17) is 0 Å². The summed E-state index contributed by atoms with van der Waals surface area (Å²) in [7, 11) is 0. The molecule has 0 atom stereocenters. The molecule has 0 aliphatic heterocycles. The van der Waals surface area contributed by atoms with Gasteiger partial charge in [-0.25, -0.2) is 4.98 Å². The van der Waals surface area contributed by atoms with E-state index in [0.717, 1.165) is 10.3 Å². The molecule has 5 heteroatoms. The second kappa shape index (κ2) is 4.83. The molecule has 0 aliphatic carbocycles. The summed E-state index contributed by atoms with van der Waals surface area (Å²) < 4.78 is 0.799. The first kappa shape index (κ1) is 12.0. The predicted octanol–water partition coefficient (Wildman–Crippen LogP) is 1.54. The molecule has 0 unspecified atom stereocenters. The van der Waals surface area contributed by atoms with E-state index in [2.05, 4.69) is 9.98 Å². The Labute approximate surface area is 104 Å². The Bertz CT molecular complexity index is 645. The third-order valence-corrected chi connectivity index (χ3v) is 2.42. The van der Waals surface area contributed by atoms with Crippen LogP contribution in [0.4, 0.5) is 0 Å². The first-order chi connectivity index (χ1) is 8.58. The van der Waals surface area contributed by atoms with Crippen molar-refractivity contribution < 1.29 is 10.0 Å². The molecule has 92 valence electrons. The number of nitrogens with zero attached hydrogens (tertiary/aromatic N) is 3. The van der Waals surface area contributed by atoms with Crippen molar-refractivity contribution in [3.8, 4) is 11.3 Å². The number of rotatable bonds is 1. The molecule has 1 aromatic heterocycles. The van der Waals surface area contributed by atoms with Crippen molar-refractivity contribution in [1.29, 1.82) is 0 Å². The Balaban J connectivity index is 2.66. The highest BCUT2D eigenvalue weighted by Crippen LogP contribution is 2.15. The Morgan fingerprint density at radius 3 is 2.61 bits per heavy atom. The molecule has 1 heterocycles. The first-order valence-electron chi connectivity index (χ1n) is 5.48. The molecule has 0 saturated heterocycles. The summed E-state index contributed by atoms with van der Waals surface area (Å²) in [6.07, 6.45) is 0. The maximum absolute atomic E-state index is 11.0. The van der Waals surface area contributed by atoms with E-state index in [-0.39, 0.29) is 5.62 Å². The summed E-state index contributed by atoms with van der Waals surface area (Å²) in [4.78, 5) is 18.8. The van der Waals surface area contributed by atoms with E-state index in [1.54, 1.807) is 13.0 Å². The Morgan fingerprint density at radius 2 is 2.00 bits per heavy atom. The minimum atomic E-state index is -0.407. The zero-order valence-electron chi connectivity index (χ0n) is 10.2. The van der Waals surface area contributed by atoms with Crippen LogP contribution >= 0.6 is 0 Å². The molecule has 0 spiro atoms. The van der Waals surface area contributed by atoms with E-state index in [9.17, 15) is 10.0 Å². The third kappa shape index (κ3) is 2.45. The van der Waals surface area contributed by atoms with Gasteiger partial charge in [-0.05, 0) is 13.0 Å². The zero-order valence-corrected chi connectivity index (χ0v) is 10.2. The summed E-state index contributed by atoms with van der Waals surface area (Å²) in [5.74, 6) is -0.407. The molecule has 1 amide bonds. The molecule has 1 aromatic carbocycles. The van der Waals surface area contributed by atoms with Gasteiger partial charge in [-0.3, -0.25) is 4.79 Å². The molecule has 0 fully saturated rings. The van der Waals surface area contributed by atoms with Crippen molar-refractivity contribution in [1.82, 2.24) is 9.71 Å². The second-order valence-electron chi connectivity index (χ2n) is 3.89. The quantitative estimate of drug-likeness (QED) is 0.772. The van der Waals surface area contributed by atoms with Gasteiger partial charge in [0, 0.05) is 12.5 Å². The molecule has 5 nitrogen and oxygen atoms in total. The number of aryl methyl sites for hydroxylation is 1. The molecule has 0 saturated carbocycles. The average Bonchev–Trinajstić information content (AvgIpc) is 2.35. The fraction of sp³-hybridized carbons (Fsp3) is 0.154. The highest BCUT2D eigenvalue weighted by atomic mass is 16.5. The maximum atomic E-state index is 11.0. The molecule has 0 radical (unpaired) electrons. The summed E-state index contributed by atoms with van der Waals surface area (Å²) in [6, 6.07) is 11.2. The van der Waals surface area contributed by atoms with Crippen LogP contribution < -0.4 is 5.62 Å². The van der Waals surface area contributed by atoms with Crippen LogP contribution in [0.3, 0.4) is 0 Å². The van der Waals surface area contributed by atoms with Gasteiger partial charge in [-0.15, -0.1) is 0 Å². The monoisotopic (exact) mass is 243 g/mol. The van der Waals surface area contributed by atoms with Crippen LogP contribution in [-0.2, 0) is 4.79 Å². The molecule has 1 N–H and O–H groups in total. The van der Waals surface area contributed by atoms with Crippen LogP contribution in [0.15, 0.2) is 41.4 Å². The highest BCUT2D eigenvalue weighted by Gasteiger charge is 2.05. The molecule has 0 bridgehead atoms. The fourth-order valence-corrected chi connectivity index (χ4v) is 1.57. The van der Waals surface area contributed by atoms with Gasteiger partial charge in [0.25, 0.3) is 5.62 Å². The Morgan fingerprint density at radius 1 is 1.33 bits per heavy atom. The number of carbonyl (C=O) groups excluding carboxylic acids is 1. The third-order valence-electron chi connectivity index (χ3n) is 2.42. The van der Waals surface area contributed by atoms with E-state index >= 15 is 0 Å². The fourth-order valence-electron chi connectivity index (χ4n) is 1.57. The minimum absolute atomic E-state index is 0.0126. The van der Waals surface area contributed by atoms with Gasteiger partial charge in [0.05, 0.1) is 11.4 Å². The summed E-state index contributed by atoms with van der Waals surface area (Å²) in [5.41, 5.74) is 2.12. The molecule has 2 aromatic rings. The van der Waals surface area contributed by atoms with Gasteiger partial charge >= 0.3 is 0 Å². The van der Waals surface area contributed by atoms with Crippen LogP contribution in [-0.4, -0.2) is 20.8 Å². The van der Waals surface area contributed by atoms with Crippen molar-refractivity contribution in [3.63, 3.8) is 0 Å². The van der Waals surface area contributed by atoms with Crippen LogP contribution in [0.5, 0.6) is 0 Å². The largest absolute Gasteiger partial charge is 0.425 e. The van der Waals surface area contributed by atoms with Crippen LogP contribution in [0, 0.1) is 6.92 Å². The smallest absolute Gasteiger partial charge is 0.266 e. The Kier molecular flexibility index (Phi) is 3.23. The minimum Gasteiger partial charge on any atom is -0.425 e. The maximum Gasteiger partial charge on any atom is 0.266 e. The summed E-state index contributed by atoms with van der Waals surface area (Å²) in [5, 5.41) is 9.73. The number of hydrogen-bond donors (Lipinski definition) is 1. The lowest BCUT2D eigenvalue weighted by Gasteiger charge is -2.06. The zero-order chi connectivity index (χ0) is 13.1. The topological polar surface area (TPSA) is 67.5 Å². The van der Waals surface area contributed by atoms with Gasteiger partial charge in [-0.1, -0.05) is 30.3 Å². The van der Waals surface area contributed by atoms with Crippen molar-refractivity contribution in [2.75, 3.05) is 0 Å². The highest BCUT2D eigenvalue weighted by molar-refractivity contribution is 5.73. The van der Waals surface area contributed by atoms with Crippen molar-refractivity contribution in [2.45, 2.75) is 13.8 Å². The molecular weight excluding hydrogens is 230 g/mol. The lowest BCUT2D eigenvalue weighted by Crippen LogP contribution is -2.26. The summed E-state index contributed by atoms with van der Waals surface area (Å²) in [6.45, 7) is 3.03. The average molecular weight is 243 g/mol. The second-order valence-corrected chi connectivity index (χ2v) is 3.89. The van der Waals surface area contributed by atoms with Crippen molar-refractivity contribution in [2.24, 2.45) is 4.99 Å². The SMILES string of the molecule is CC(=O)N=c1nc(-c2ccccc2)cc(C)n1O. The molecule has 2 rings (SSSR count). The number of carbonyl (C=O) groups is 1. The van der Waals surface area contributed by atoms with E-state index in [0.29, 0.717) is 11.4 Å². The predicted molar refractivity (Wildman–Crippen MR) is 65.8 cm³/mol. The van der Waals surface area contributed by atoms with Crippen LogP contribution in [0.1, 0.15) is 12.6 Å². The van der Waals surface area contributed by atoms with Gasteiger partial charge in [0.2, 0.25) is 5.91 Å². The van der Waals surface area contributed by atoms with Crippen molar-refractivity contribution >= 4 is 5.91 Å². The lowest BCUT2D eigenvalue weighted by atomic mass is 10.1. The number of amides is 1. The van der Waals surface area contributed by atoms with Gasteiger partial charge in [0.15, 0.2) is 0 Å². The Hall–Kier alpha value is -2.43. The van der Waals surface area contributed by atoms with E-state index < -0.39 is 5.91 Å². The van der Waals surface area contributed by atoms with Crippen LogP contribution in [0.2, 0.25) is 0 Å². The summed E-state index contributed by atoms with van der Waals surface area (Å²) >= 11 is 0. The van der Waals surface area contributed by atoms with Gasteiger partial charge in [0.1, 0.15) is 0 Å². The lowest BCUT2D eigenvalue weighted by molar-refractivity contribution is -0.116. The van der Waals surface area contributed by atoms with E-state index in [1.165, 1.54) is 6.92 Å². The number of benzene rings is 1. The number of aromatic nitrogens is 2. The van der Waals surface area contributed by atoms with Crippen molar-refractivity contribution in [3.05, 3.63) is 47.7 Å². The molecular formula is C13H13N3O2.